The maximum absolute atomic E-state index is 6.12. The lowest BCUT2D eigenvalue weighted by atomic mass is 10.1. The van der Waals surface area contributed by atoms with Gasteiger partial charge in [-0.05, 0) is 43.3 Å². The Morgan fingerprint density at radius 3 is 2.67 bits per heavy atom. The molecule has 0 amide bonds. The number of fused-ring (bicyclic) bond motifs is 1. The largest absolute Gasteiger partial charge is 0.474 e. The van der Waals surface area contributed by atoms with Crippen molar-refractivity contribution in [2.24, 2.45) is 5.92 Å². The van der Waals surface area contributed by atoms with Gasteiger partial charge in [-0.15, -0.1) is 0 Å². The molecule has 0 aliphatic heterocycles. The van der Waals surface area contributed by atoms with Crippen molar-refractivity contribution in [3.8, 4) is 5.88 Å². The minimum absolute atomic E-state index is 0.176. The number of rotatable bonds is 7. The van der Waals surface area contributed by atoms with Crippen molar-refractivity contribution >= 4 is 10.8 Å². The zero-order valence-corrected chi connectivity index (χ0v) is 13.5. The summed E-state index contributed by atoms with van der Waals surface area (Å²) in [5, 5.41) is 5.60. The van der Waals surface area contributed by atoms with Gasteiger partial charge in [0, 0.05) is 11.9 Å². The van der Waals surface area contributed by atoms with E-state index in [1.54, 1.807) is 0 Å². The van der Waals surface area contributed by atoms with Crippen molar-refractivity contribution in [1.29, 1.82) is 0 Å². The smallest absolute Gasteiger partial charge is 0.221 e. The summed E-state index contributed by atoms with van der Waals surface area (Å²) in [5.41, 5.74) is 1.03. The first-order valence-corrected chi connectivity index (χ1v) is 7.86. The van der Waals surface area contributed by atoms with E-state index in [0.29, 0.717) is 5.92 Å². The van der Waals surface area contributed by atoms with Crippen LogP contribution in [0.2, 0.25) is 0 Å². The number of hydrogen-bond donors (Lipinski definition) is 1. The SMILES string of the molecule is CCNCc1cc2ccccc2c(OC(C)CC(C)C)n1. The Kier molecular flexibility index (Phi) is 5.57. The highest BCUT2D eigenvalue weighted by atomic mass is 16.5. The fourth-order valence-corrected chi connectivity index (χ4v) is 2.56. The van der Waals surface area contributed by atoms with Crippen LogP contribution in [0.25, 0.3) is 10.8 Å². The van der Waals surface area contributed by atoms with Crippen LogP contribution in [0.5, 0.6) is 5.88 Å². The summed E-state index contributed by atoms with van der Waals surface area (Å²) in [6.45, 7) is 10.4. The monoisotopic (exact) mass is 286 g/mol. The van der Waals surface area contributed by atoms with Gasteiger partial charge in [-0.25, -0.2) is 4.98 Å². The standard InChI is InChI=1S/C18H26N2O/c1-5-19-12-16-11-15-8-6-7-9-17(15)18(20-16)21-14(4)10-13(2)3/h6-9,11,13-14,19H,5,10,12H2,1-4H3. The summed E-state index contributed by atoms with van der Waals surface area (Å²) in [6.07, 6.45) is 1.21. The molecular formula is C18H26N2O. The van der Waals surface area contributed by atoms with Crippen molar-refractivity contribution in [3.63, 3.8) is 0 Å². The molecule has 1 unspecified atom stereocenters. The average Bonchev–Trinajstić information content (AvgIpc) is 2.44. The molecule has 1 heterocycles. The Hall–Kier alpha value is -1.61. The fourth-order valence-electron chi connectivity index (χ4n) is 2.56. The Bertz CT molecular complexity index is 580. The highest BCUT2D eigenvalue weighted by Crippen LogP contribution is 2.26. The average molecular weight is 286 g/mol. The molecule has 3 heteroatoms. The highest BCUT2D eigenvalue weighted by molar-refractivity contribution is 5.87. The molecule has 0 saturated carbocycles. The number of ether oxygens (including phenoxy) is 1. The van der Waals surface area contributed by atoms with Crippen LogP contribution in [0.4, 0.5) is 0 Å². The van der Waals surface area contributed by atoms with Crippen molar-refractivity contribution in [2.45, 2.75) is 46.8 Å². The third-order valence-electron chi connectivity index (χ3n) is 3.43. The summed E-state index contributed by atoms with van der Waals surface area (Å²) in [7, 11) is 0. The Morgan fingerprint density at radius 2 is 1.95 bits per heavy atom. The van der Waals surface area contributed by atoms with Crippen molar-refractivity contribution in [3.05, 3.63) is 36.0 Å². The molecule has 0 spiro atoms. The molecule has 1 atom stereocenters. The molecule has 0 bridgehead atoms. The second kappa shape index (κ2) is 7.41. The van der Waals surface area contributed by atoms with Crippen molar-refractivity contribution < 1.29 is 4.74 Å². The van der Waals surface area contributed by atoms with Crippen LogP contribution in [-0.4, -0.2) is 17.6 Å². The van der Waals surface area contributed by atoms with E-state index >= 15 is 0 Å². The zero-order chi connectivity index (χ0) is 15.2. The number of nitrogens with zero attached hydrogens (tertiary/aromatic N) is 1. The Morgan fingerprint density at radius 1 is 1.19 bits per heavy atom. The first-order valence-electron chi connectivity index (χ1n) is 7.86. The maximum atomic E-state index is 6.12. The second-order valence-corrected chi connectivity index (χ2v) is 5.98. The number of aromatic nitrogens is 1. The summed E-state index contributed by atoms with van der Waals surface area (Å²) >= 11 is 0. The number of hydrogen-bond acceptors (Lipinski definition) is 3. The van der Waals surface area contributed by atoms with E-state index < -0.39 is 0 Å². The van der Waals surface area contributed by atoms with Crippen LogP contribution in [0, 0.1) is 5.92 Å². The van der Waals surface area contributed by atoms with Crippen molar-refractivity contribution in [2.75, 3.05) is 6.54 Å². The highest BCUT2D eigenvalue weighted by Gasteiger charge is 2.12. The molecule has 3 nitrogen and oxygen atoms in total. The summed E-state index contributed by atoms with van der Waals surface area (Å²) in [4.78, 5) is 4.70. The molecular weight excluding hydrogens is 260 g/mol. The van der Waals surface area contributed by atoms with E-state index in [1.807, 2.05) is 6.07 Å². The minimum Gasteiger partial charge on any atom is -0.474 e. The molecule has 2 aromatic rings. The predicted molar refractivity (Wildman–Crippen MR) is 88.7 cm³/mol. The van der Waals surface area contributed by atoms with Gasteiger partial charge < -0.3 is 10.1 Å². The van der Waals surface area contributed by atoms with Gasteiger partial charge in [-0.2, -0.15) is 0 Å². The molecule has 0 aliphatic carbocycles. The molecule has 1 aromatic carbocycles. The molecule has 0 saturated heterocycles. The van der Waals surface area contributed by atoms with Crippen LogP contribution < -0.4 is 10.1 Å². The van der Waals surface area contributed by atoms with E-state index in [0.717, 1.165) is 36.5 Å². The predicted octanol–water partition coefficient (Wildman–Crippen LogP) is 4.16. The molecule has 1 N–H and O–H groups in total. The molecule has 2 rings (SSSR count). The van der Waals surface area contributed by atoms with Gasteiger partial charge in [0.1, 0.15) is 0 Å². The molecule has 1 aromatic heterocycles. The van der Waals surface area contributed by atoms with E-state index in [-0.39, 0.29) is 6.10 Å². The van der Waals surface area contributed by atoms with Gasteiger partial charge in [-0.3, -0.25) is 0 Å². The quantitative estimate of drug-likeness (QED) is 0.830. The lowest BCUT2D eigenvalue weighted by molar-refractivity contribution is 0.188. The third kappa shape index (κ3) is 4.43. The molecule has 21 heavy (non-hydrogen) atoms. The van der Waals surface area contributed by atoms with Gasteiger partial charge in [0.25, 0.3) is 0 Å². The van der Waals surface area contributed by atoms with E-state index in [4.69, 9.17) is 9.72 Å². The van der Waals surface area contributed by atoms with Crippen LogP contribution >= 0.6 is 0 Å². The molecule has 0 fully saturated rings. The number of pyridine rings is 1. The zero-order valence-electron chi connectivity index (χ0n) is 13.5. The molecule has 114 valence electrons. The topological polar surface area (TPSA) is 34.1 Å². The second-order valence-electron chi connectivity index (χ2n) is 5.98. The summed E-state index contributed by atoms with van der Waals surface area (Å²) in [5.74, 6) is 1.38. The first-order chi connectivity index (χ1) is 10.1. The molecule has 0 aliphatic rings. The van der Waals surface area contributed by atoms with Gasteiger partial charge in [0.15, 0.2) is 0 Å². The third-order valence-corrected chi connectivity index (χ3v) is 3.43. The minimum atomic E-state index is 0.176. The number of benzene rings is 1. The fraction of sp³-hybridized carbons (Fsp3) is 0.500. The summed E-state index contributed by atoms with van der Waals surface area (Å²) < 4.78 is 6.12. The van der Waals surface area contributed by atoms with Crippen molar-refractivity contribution in [1.82, 2.24) is 10.3 Å². The van der Waals surface area contributed by atoms with Crippen LogP contribution in [0.3, 0.4) is 0 Å². The van der Waals surface area contributed by atoms with Gasteiger partial charge in [0.05, 0.1) is 11.8 Å². The normalized spacial score (nSPS) is 12.8. The summed E-state index contributed by atoms with van der Waals surface area (Å²) in [6, 6.07) is 10.4. The van der Waals surface area contributed by atoms with Gasteiger partial charge >= 0.3 is 0 Å². The van der Waals surface area contributed by atoms with Crippen LogP contribution in [0.1, 0.15) is 39.8 Å². The van der Waals surface area contributed by atoms with E-state index in [1.165, 1.54) is 5.39 Å². The lowest BCUT2D eigenvalue weighted by Crippen LogP contribution is -2.17. The first kappa shape index (κ1) is 15.8. The lowest BCUT2D eigenvalue weighted by Gasteiger charge is -2.18. The Labute approximate surface area is 127 Å². The van der Waals surface area contributed by atoms with E-state index in [2.05, 4.69) is 57.3 Å². The van der Waals surface area contributed by atoms with Crippen LogP contribution in [0.15, 0.2) is 30.3 Å². The maximum Gasteiger partial charge on any atom is 0.221 e. The number of nitrogens with one attached hydrogen (secondary N) is 1. The van der Waals surface area contributed by atoms with Gasteiger partial charge in [0.2, 0.25) is 5.88 Å². The van der Waals surface area contributed by atoms with Crippen LogP contribution in [-0.2, 0) is 6.54 Å². The van der Waals surface area contributed by atoms with E-state index in [9.17, 15) is 0 Å². The van der Waals surface area contributed by atoms with Gasteiger partial charge in [-0.1, -0.05) is 39.0 Å². The molecule has 0 radical (unpaired) electrons. The Balaban J connectivity index is 2.30.